The van der Waals surface area contributed by atoms with Crippen LogP contribution in [0.25, 0.3) is 21.3 Å². The van der Waals surface area contributed by atoms with Gasteiger partial charge in [-0.05, 0) is 35.4 Å². The van der Waals surface area contributed by atoms with Crippen LogP contribution < -0.4 is 10.6 Å². The number of nitrogens with one attached hydrogen (secondary N) is 2. The monoisotopic (exact) mass is 389 g/mol. The summed E-state index contributed by atoms with van der Waals surface area (Å²) >= 11 is 1.43. The number of hydrogen-bond donors (Lipinski definition) is 2. The quantitative estimate of drug-likeness (QED) is 0.626. The lowest BCUT2D eigenvalue weighted by atomic mass is 10.0. The van der Waals surface area contributed by atoms with E-state index in [-0.39, 0.29) is 25.4 Å². The van der Waals surface area contributed by atoms with E-state index in [0.29, 0.717) is 10.6 Å². The molecule has 7 nitrogen and oxygen atoms in total. The van der Waals surface area contributed by atoms with Crippen LogP contribution in [0.5, 0.6) is 0 Å². The maximum absolute atomic E-state index is 12.0. The maximum atomic E-state index is 12.0. The van der Waals surface area contributed by atoms with Gasteiger partial charge in [0, 0.05) is 0 Å². The molecule has 0 saturated carbocycles. The van der Waals surface area contributed by atoms with Gasteiger partial charge in [-0.25, -0.2) is 4.98 Å². The Kier molecular flexibility index (Phi) is 5.95. The van der Waals surface area contributed by atoms with Crippen LogP contribution in [-0.2, 0) is 16.0 Å². The highest BCUT2D eigenvalue weighted by Gasteiger charge is 2.11. The number of amides is 2. The molecule has 0 aliphatic carbocycles. The molecule has 0 unspecified atom stereocenters. The summed E-state index contributed by atoms with van der Waals surface area (Å²) in [5.41, 5.74) is 3.36. The molecule has 0 spiro atoms. The highest BCUT2D eigenvalue weighted by molar-refractivity contribution is 7.18. The maximum Gasteiger partial charge on any atom is 0.240 e. The first-order valence-corrected chi connectivity index (χ1v) is 9.21. The lowest BCUT2D eigenvalue weighted by Crippen LogP contribution is -2.37. The second-order valence-electron chi connectivity index (χ2n) is 5.87. The SMILES string of the molecule is N#CCNC(=O)CNC(=O)Cc1nc2cc(-c3ccc(C#N)cc3)ccc2s1. The zero-order chi connectivity index (χ0) is 19.9. The fourth-order valence-corrected chi connectivity index (χ4v) is 3.49. The number of nitrogens with zero attached hydrogens (tertiary/aromatic N) is 3. The van der Waals surface area contributed by atoms with Crippen LogP contribution in [0.3, 0.4) is 0 Å². The molecule has 8 heteroatoms. The third kappa shape index (κ3) is 4.70. The van der Waals surface area contributed by atoms with Gasteiger partial charge in [-0.15, -0.1) is 11.3 Å². The van der Waals surface area contributed by atoms with Gasteiger partial charge in [-0.2, -0.15) is 10.5 Å². The largest absolute Gasteiger partial charge is 0.347 e. The van der Waals surface area contributed by atoms with Crippen LogP contribution in [0.2, 0.25) is 0 Å². The number of aromatic nitrogens is 1. The Bertz CT molecular complexity index is 1110. The van der Waals surface area contributed by atoms with E-state index < -0.39 is 5.91 Å². The number of benzene rings is 2. The van der Waals surface area contributed by atoms with Gasteiger partial charge in [-0.1, -0.05) is 18.2 Å². The van der Waals surface area contributed by atoms with Crippen molar-refractivity contribution >= 4 is 33.4 Å². The Balaban J connectivity index is 1.67. The molecule has 28 heavy (non-hydrogen) atoms. The summed E-state index contributed by atoms with van der Waals surface area (Å²) in [6, 6.07) is 17.1. The summed E-state index contributed by atoms with van der Waals surface area (Å²) in [6.07, 6.45) is 0.0804. The summed E-state index contributed by atoms with van der Waals surface area (Å²) in [7, 11) is 0. The number of rotatable bonds is 6. The number of nitriles is 2. The van der Waals surface area contributed by atoms with Gasteiger partial charge in [-0.3, -0.25) is 9.59 Å². The summed E-state index contributed by atoms with van der Waals surface area (Å²) in [5, 5.41) is 22.8. The number of carbonyl (C=O) groups excluding carboxylic acids is 2. The molecule has 0 bridgehead atoms. The van der Waals surface area contributed by atoms with E-state index in [1.54, 1.807) is 18.2 Å². The smallest absolute Gasteiger partial charge is 0.240 e. The van der Waals surface area contributed by atoms with Gasteiger partial charge < -0.3 is 10.6 Å². The minimum atomic E-state index is -0.411. The molecule has 3 aromatic rings. The number of hydrogen-bond acceptors (Lipinski definition) is 6. The van der Waals surface area contributed by atoms with Gasteiger partial charge in [0.2, 0.25) is 11.8 Å². The molecule has 2 amide bonds. The molecule has 3 rings (SSSR count). The van der Waals surface area contributed by atoms with Crippen molar-refractivity contribution in [2.75, 3.05) is 13.1 Å². The van der Waals surface area contributed by atoms with Gasteiger partial charge in [0.1, 0.15) is 11.6 Å². The van der Waals surface area contributed by atoms with Crippen molar-refractivity contribution in [1.82, 2.24) is 15.6 Å². The molecule has 2 aromatic carbocycles. The lowest BCUT2D eigenvalue weighted by molar-refractivity contribution is -0.125. The number of fused-ring (bicyclic) bond motifs is 1. The minimum Gasteiger partial charge on any atom is -0.347 e. The van der Waals surface area contributed by atoms with E-state index >= 15 is 0 Å². The van der Waals surface area contributed by atoms with E-state index in [1.165, 1.54) is 11.3 Å². The van der Waals surface area contributed by atoms with Crippen molar-refractivity contribution in [2.45, 2.75) is 6.42 Å². The van der Waals surface area contributed by atoms with Crippen LogP contribution in [0.15, 0.2) is 42.5 Å². The van der Waals surface area contributed by atoms with Crippen LogP contribution in [0.1, 0.15) is 10.6 Å². The first-order valence-electron chi connectivity index (χ1n) is 8.39. The van der Waals surface area contributed by atoms with Crippen molar-refractivity contribution in [3.8, 4) is 23.3 Å². The topological polar surface area (TPSA) is 119 Å². The van der Waals surface area contributed by atoms with E-state index in [1.807, 2.05) is 30.3 Å². The van der Waals surface area contributed by atoms with Crippen molar-refractivity contribution in [1.29, 1.82) is 10.5 Å². The standard InChI is InChI=1S/C20H15N5O2S/c21-7-8-23-19(27)12-24-18(26)10-20-25-16-9-15(5-6-17(16)28-20)14-3-1-13(11-22)2-4-14/h1-6,9H,8,10,12H2,(H,23,27)(H,24,26). The molecular formula is C20H15N5O2S. The third-order valence-electron chi connectivity index (χ3n) is 3.90. The molecule has 0 atom stereocenters. The van der Waals surface area contributed by atoms with Crippen LogP contribution in [0, 0.1) is 22.7 Å². The van der Waals surface area contributed by atoms with Gasteiger partial charge in [0.05, 0.1) is 40.9 Å². The Morgan fingerprint density at radius 3 is 2.46 bits per heavy atom. The minimum absolute atomic E-state index is 0.0804. The molecule has 0 aliphatic rings. The molecule has 1 aromatic heterocycles. The summed E-state index contributed by atoms with van der Waals surface area (Å²) in [5.74, 6) is -0.718. The molecule has 0 radical (unpaired) electrons. The van der Waals surface area contributed by atoms with E-state index in [0.717, 1.165) is 21.3 Å². The summed E-state index contributed by atoms with van der Waals surface area (Å²) in [4.78, 5) is 27.9. The van der Waals surface area contributed by atoms with Crippen molar-refractivity contribution < 1.29 is 9.59 Å². The van der Waals surface area contributed by atoms with Crippen LogP contribution >= 0.6 is 11.3 Å². The van der Waals surface area contributed by atoms with Gasteiger partial charge in [0.15, 0.2) is 0 Å². The van der Waals surface area contributed by atoms with Crippen molar-refractivity contribution in [3.05, 3.63) is 53.0 Å². The molecule has 0 saturated heterocycles. The predicted octanol–water partition coefficient (Wildman–Crippen LogP) is 2.13. The Labute approximate surface area is 165 Å². The second kappa shape index (κ2) is 8.76. The molecule has 1 heterocycles. The predicted molar refractivity (Wildman–Crippen MR) is 105 cm³/mol. The van der Waals surface area contributed by atoms with Crippen LogP contribution in [0.4, 0.5) is 0 Å². The average molecular weight is 389 g/mol. The number of thiazole rings is 1. The van der Waals surface area contributed by atoms with Crippen molar-refractivity contribution in [3.63, 3.8) is 0 Å². The fourth-order valence-electron chi connectivity index (χ4n) is 2.55. The Hall–Kier alpha value is -3.75. The van der Waals surface area contributed by atoms with E-state index in [2.05, 4.69) is 21.7 Å². The normalized spacial score (nSPS) is 10.1. The van der Waals surface area contributed by atoms with E-state index in [9.17, 15) is 9.59 Å². The van der Waals surface area contributed by atoms with Gasteiger partial charge >= 0.3 is 0 Å². The Morgan fingerprint density at radius 2 is 1.75 bits per heavy atom. The number of carbonyl (C=O) groups is 2. The average Bonchev–Trinajstić information content (AvgIpc) is 3.12. The molecule has 138 valence electrons. The fraction of sp³-hybridized carbons (Fsp3) is 0.150. The second-order valence-corrected chi connectivity index (χ2v) is 6.98. The zero-order valence-electron chi connectivity index (χ0n) is 14.7. The lowest BCUT2D eigenvalue weighted by Gasteiger charge is -2.03. The molecule has 0 fully saturated rings. The highest BCUT2D eigenvalue weighted by atomic mass is 32.1. The molecule has 0 aliphatic heterocycles. The summed E-state index contributed by atoms with van der Waals surface area (Å²) in [6.45, 7) is -0.262. The third-order valence-corrected chi connectivity index (χ3v) is 4.94. The zero-order valence-corrected chi connectivity index (χ0v) is 15.5. The summed E-state index contributed by atoms with van der Waals surface area (Å²) < 4.78 is 0.965. The molecule has 2 N–H and O–H groups in total. The molecular weight excluding hydrogens is 374 g/mol. The first kappa shape index (κ1) is 19.0. The van der Waals surface area contributed by atoms with Crippen LogP contribution in [-0.4, -0.2) is 29.9 Å². The van der Waals surface area contributed by atoms with E-state index in [4.69, 9.17) is 10.5 Å². The first-order chi connectivity index (χ1) is 13.6. The van der Waals surface area contributed by atoms with Gasteiger partial charge in [0.25, 0.3) is 0 Å². The highest BCUT2D eigenvalue weighted by Crippen LogP contribution is 2.28. The van der Waals surface area contributed by atoms with Crippen molar-refractivity contribution in [2.24, 2.45) is 0 Å². The Morgan fingerprint density at radius 1 is 1.00 bits per heavy atom.